The van der Waals surface area contributed by atoms with Gasteiger partial charge in [0.25, 0.3) is 0 Å². The Bertz CT molecular complexity index is 740. The molecule has 6 heteroatoms. The van der Waals surface area contributed by atoms with Crippen LogP contribution in [0.4, 0.5) is 4.39 Å². The number of aromatic nitrogens is 2. The monoisotopic (exact) mass is 288 g/mol. The highest BCUT2D eigenvalue weighted by atomic mass is 19.1. The molecule has 0 N–H and O–H groups in total. The van der Waals surface area contributed by atoms with Crippen LogP contribution in [0, 0.1) is 5.82 Å². The van der Waals surface area contributed by atoms with Gasteiger partial charge in [-0.1, -0.05) is 0 Å². The SMILES string of the molecule is CCOc1ccc(OCc2nc3cc(F)cnc3o2)cc1. The number of hydrogen-bond acceptors (Lipinski definition) is 5. The minimum Gasteiger partial charge on any atom is -0.494 e. The fourth-order valence-corrected chi connectivity index (χ4v) is 1.85. The number of halogens is 1. The van der Waals surface area contributed by atoms with Gasteiger partial charge in [0.1, 0.15) is 22.8 Å². The van der Waals surface area contributed by atoms with Crippen molar-refractivity contribution in [3.05, 3.63) is 48.2 Å². The van der Waals surface area contributed by atoms with Gasteiger partial charge < -0.3 is 13.9 Å². The third-order valence-electron chi connectivity index (χ3n) is 2.76. The molecule has 0 aliphatic carbocycles. The minimum atomic E-state index is -0.449. The van der Waals surface area contributed by atoms with E-state index in [9.17, 15) is 4.39 Å². The second-order valence-corrected chi connectivity index (χ2v) is 4.28. The van der Waals surface area contributed by atoms with Crippen molar-refractivity contribution < 1.29 is 18.3 Å². The predicted molar refractivity (Wildman–Crippen MR) is 73.7 cm³/mol. The number of fused-ring (bicyclic) bond motifs is 1. The molecular weight excluding hydrogens is 275 g/mol. The summed E-state index contributed by atoms with van der Waals surface area (Å²) in [6, 6.07) is 8.51. The van der Waals surface area contributed by atoms with Crippen LogP contribution in [-0.2, 0) is 6.61 Å². The second-order valence-electron chi connectivity index (χ2n) is 4.28. The number of oxazole rings is 1. The van der Waals surface area contributed by atoms with Crippen LogP contribution in [0.5, 0.6) is 11.5 Å². The number of benzene rings is 1. The summed E-state index contributed by atoms with van der Waals surface area (Å²) in [5, 5.41) is 0. The summed E-state index contributed by atoms with van der Waals surface area (Å²) in [6.45, 7) is 2.69. The van der Waals surface area contributed by atoms with E-state index in [1.54, 1.807) is 12.1 Å². The first-order valence-electron chi connectivity index (χ1n) is 6.51. The van der Waals surface area contributed by atoms with Crippen molar-refractivity contribution in [2.75, 3.05) is 6.61 Å². The van der Waals surface area contributed by atoms with E-state index in [0.717, 1.165) is 11.9 Å². The molecule has 0 saturated heterocycles. The molecule has 2 heterocycles. The standard InChI is InChI=1S/C15H13FN2O3/c1-2-19-11-3-5-12(6-4-11)20-9-14-18-13-7-10(16)8-17-15(13)21-14/h3-8H,2,9H2,1H3. The molecule has 0 atom stereocenters. The Kier molecular flexibility index (Phi) is 3.68. The van der Waals surface area contributed by atoms with Crippen molar-refractivity contribution in [2.24, 2.45) is 0 Å². The highest BCUT2D eigenvalue weighted by molar-refractivity contribution is 5.67. The summed E-state index contributed by atoms with van der Waals surface area (Å²) in [7, 11) is 0. The summed E-state index contributed by atoms with van der Waals surface area (Å²) < 4.78 is 29.3. The van der Waals surface area contributed by atoms with E-state index in [0.29, 0.717) is 29.5 Å². The van der Waals surface area contributed by atoms with Crippen molar-refractivity contribution in [1.29, 1.82) is 0 Å². The lowest BCUT2D eigenvalue weighted by Gasteiger charge is -2.05. The maximum absolute atomic E-state index is 13.0. The van der Waals surface area contributed by atoms with Gasteiger partial charge in [0, 0.05) is 6.07 Å². The zero-order valence-electron chi connectivity index (χ0n) is 11.4. The maximum atomic E-state index is 13.0. The van der Waals surface area contributed by atoms with Crippen LogP contribution in [0.15, 0.2) is 40.9 Å². The molecule has 1 aromatic carbocycles. The molecule has 3 rings (SSSR count). The van der Waals surface area contributed by atoms with Gasteiger partial charge in [0.15, 0.2) is 6.61 Å². The number of hydrogen-bond donors (Lipinski definition) is 0. The van der Waals surface area contributed by atoms with Crippen molar-refractivity contribution in [1.82, 2.24) is 9.97 Å². The number of ether oxygens (including phenoxy) is 2. The van der Waals surface area contributed by atoms with E-state index in [4.69, 9.17) is 13.9 Å². The number of nitrogens with zero attached hydrogens (tertiary/aromatic N) is 2. The fourth-order valence-electron chi connectivity index (χ4n) is 1.85. The van der Waals surface area contributed by atoms with Gasteiger partial charge in [0.05, 0.1) is 12.8 Å². The smallest absolute Gasteiger partial charge is 0.247 e. The molecule has 21 heavy (non-hydrogen) atoms. The lowest BCUT2D eigenvalue weighted by molar-refractivity contribution is 0.266. The average molecular weight is 288 g/mol. The molecular formula is C15H13FN2O3. The van der Waals surface area contributed by atoms with E-state index in [-0.39, 0.29) is 6.61 Å². The van der Waals surface area contributed by atoms with Crippen molar-refractivity contribution >= 4 is 11.2 Å². The average Bonchev–Trinajstić information content (AvgIpc) is 2.89. The number of rotatable bonds is 5. The van der Waals surface area contributed by atoms with E-state index in [1.165, 1.54) is 6.07 Å². The van der Waals surface area contributed by atoms with Gasteiger partial charge in [-0.3, -0.25) is 0 Å². The van der Waals surface area contributed by atoms with Crippen LogP contribution in [0.2, 0.25) is 0 Å². The third-order valence-corrected chi connectivity index (χ3v) is 2.76. The van der Waals surface area contributed by atoms with Crippen molar-refractivity contribution in [3.8, 4) is 11.5 Å². The van der Waals surface area contributed by atoms with Crippen LogP contribution < -0.4 is 9.47 Å². The highest BCUT2D eigenvalue weighted by Crippen LogP contribution is 2.19. The first-order chi connectivity index (χ1) is 10.2. The fraction of sp³-hybridized carbons (Fsp3) is 0.200. The summed E-state index contributed by atoms with van der Waals surface area (Å²) in [5.41, 5.74) is 0.669. The Hall–Kier alpha value is -2.63. The molecule has 0 aliphatic heterocycles. The van der Waals surface area contributed by atoms with E-state index < -0.39 is 5.82 Å². The van der Waals surface area contributed by atoms with E-state index in [1.807, 2.05) is 19.1 Å². The van der Waals surface area contributed by atoms with Gasteiger partial charge in [-0.2, -0.15) is 0 Å². The first-order valence-corrected chi connectivity index (χ1v) is 6.51. The molecule has 0 saturated carbocycles. The van der Waals surface area contributed by atoms with E-state index in [2.05, 4.69) is 9.97 Å². The van der Waals surface area contributed by atoms with Gasteiger partial charge in [-0.15, -0.1) is 0 Å². The Morgan fingerprint density at radius 3 is 2.57 bits per heavy atom. The normalized spacial score (nSPS) is 10.8. The van der Waals surface area contributed by atoms with Gasteiger partial charge >= 0.3 is 0 Å². The second kappa shape index (κ2) is 5.78. The minimum absolute atomic E-state index is 0.145. The van der Waals surface area contributed by atoms with Gasteiger partial charge in [0.2, 0.25) is 11.6 Å². The molecule has 108 valence electrons. The Labute approximate surface area is 120 Å². The van der Waals surface area contributed by atoms with Crippen LogP contribution in [0.3, 0.4) is 0 Å². The zero-order valence-corrected chi connectivity index (χ0v) is 11.4. The molecule has 0 amide bonds. The molecule has 0 spiro atoms. The maximum Gasteiger partial charge on any atom is 0.247 e. The molecule has 0 fully saturated rings. The Balaban J connectivity index is 1.68. The van der Waals surface area contributed by atoms with Crippen LogP contribution >= 0.6 is 0 Å². The van der Waals surface area contributed by atoms with Gasteiger partial charge in [-0.05, 0) is 31.2 Å². The van der Waals surface area contributed by atoms with Crippen molar-refractivity contribution in [3.63, 3.8) is 0 Å². The molecule has 3 aromatic rings. The lowest BCUT2D eigenvalue weighted by Crippen LogP contribution is -1.96. The summed E-state index contributed by atoms with van der Waals surface area (Å²) >= 11 is 0. The molecule has 5 nitrogen and oxygen atoms in total. The quantitative estimate of drug-likeness (QED) is 0.720. The van der Waals surface area contributed by atoms with Gasteiger partial charge in [-0.25, -0.2) is 14.4 Å². The molecule has 0 unspecified atom stereocenters. The zero-order chi connectivity index (χ0) is 14.7. The van der Waals surface area contributed by atoms with Crippen LogP contribution in [0.1, 0.15) is 12.8 Å². The highest BCUT2D eigenvalue weighted by Gasteiger charge is 2.08. The predicted octanol–water partition coefficient (Wildman–Crippen LogP) is 3.34. The third kappa shape index (κ3) is 3.10. The summed E-state index contributed by atoms with van der Waals surface area (Å²) in [4.78, 5) is 7.93. The topological polar surface area (TPSA) is 57.4 Å². The largest absolute Gasteiger partial charge is 0.494 e. The Morgan fingerprint density at radius 2 is 1.86 bits per heavy atom. The number of pyridine rings is 1. The first kappa shape index (κ1) is 13.4. The Morgan fingerprint density at radius 1 is 1.14 bits per heavy atom. The molecule has 0 bridgehead atoms. The van der Waals surface area contributed by atoms with E-state index >= 15 is 0 Å². The summed E-state index contributed by atoms with van der Waals surface area (Å²) in [5.74, 6) is 1.35. The molecule has 0 radical (unpaired) electrons. The van der Waals surface area contributed by atoms with Crippen LogP contribution in [-0.4, -0.2) is 16.6 Å². The van der Waals surface area contributed by atoms with Crippen molar-refractivity contribution in [2.45, 2.75) is 13.5 Å². The lowest BCUT2D eigenvalue weighted by atomic mass is 10.3. The molecule has 2 aromatic heterocycles. The molecule has 0 aliphatic rings. The summed E-state index contributed by atoms with van der Waals surface area (Å²) in [6.07, 6.45) is 1.09. The van der Waals surface area contributed by atoms with Crippen LogP contribution in [0.25, 0.3) is 11.2 Å².